The van der Waals surface area contributed by atoms with Gasteiger partial charge >= 0.3 is 0 Å². The molecule has 0 atom stereocenters. The van der Waals surface area contributed by atoms with Gasteiger partial charge in [0.1, 0.15) is 0 Å². The highest BCUT2D eigenvalue weighted by Gasteiger charge is 2.26. The minimum atomic E-state index is -3.33. The van der Waals surface area contributed by atoms with E-state index in [0.717, 1.165) is 22.4 Å². The summed E-state index contributed by atoms with van der Waals surface area (Å²) in [4.78, 5) is 22.4. The molecular formula is C13H16N4O3S2. The maximum Gasteiger partial charge on any atom is 0.255 e. The highest BCUT2D eigenvalue weighted by atomic mass is 32.2. The van der Waals surface area contributed by atoms with Crippen LogP contribution >= 0.6 is 11.3 Å². The van der Waals surface area contributed by atoms with Crippen molar-refractivity contribution in [2.45, 2.75) is 19.9 Å². The highest BCUT2D eigenvalue weighted by molar-refractivity contribution is 7.92. The molecule has 0 fully saturated rings. The number of nitrogens with one attached hydrogen (secondary N) is 2. The first kappa shape index (κ1) is 15.0. The third kappa shape index (κ3) is 3.00. The van der Waals surface area contributed by atoms with Gasteiger partial charge in [-0.1, -0.05) is 11.3 Å². The van der Waals surface area contributed by atoms with Crippen LogP contribution in [0.2, 0.25) is 0 Å². The quantitative estimate of drug-likeness (QED) is 0.882. The number of hydrogen-bond donors (Lipinski definition) is 2. The molecule has 0 bridgehead atoms. The van der Waals surface area contributed by atoms with Crippen molar-refractivity contribution in [3.05, 3.63) is 34.1 Å². The van der Waals surface area contributed by atoms with Gasteiger partial charge in [-0.15, -0.1) is 0 Å². The van der Waals surface area contributed by atoms with E-state index in [1.165, 1.54) is 11.3 Å². The normalized spacial score (nSPS) is 14.7. The highest BCUT2D eigenvalue weighted by Crippen LogP contribution is 2.29. The van der Waals surface area contributed by atoms with Crippen LogP contribution in [0.25, 0.3) is 0 Å². The molecule has 7 nitrogen and oxygen atoms in total. The lowest BCUT2D eigenvalue weighted by molar-refractivity contribution is 0.0735. The number of carbonyl (C=O) groups excluding carboxylic acids is 1. The van der Waals surface area contributed by atoms with Crippen molar-refractivity contribution in [2.24, 2.45) is 0 Å². The molecule has 9 heteroatoms. The summed E-state index contributed by atoms with van der Waals surface area (Å²) in [6.07, 6.45) is 5.23. The largest absolute Gasteiger partial charge is 0.367 e. The Labute approximate surface area is 132 Å². The third-order valence-corrected chi connectivity index (χ3v) is 5.17. The molecule has 2 aromatic rings. The van der Waals surface area contributed by atoms with Crippen LogP contribution in [0.4, 0.5) is 5.13 Å². The van der Waals surface area contributed by atoms with Crippen molar-refractivity contribution in [1.29, 1.82) is 0 Å². The van der Waals surface area contributed by atoms with Gasteiger partial charge in [-0.2, -0.15) is 0 Å². The third-order valence-electron chi connectivity index (χ3n) is 3.47. The van der Waals surface area contributed by atoms with E-state index in [0.29, 0.717) is 30.2 Å². The molecule has 3 rings (SSSR count). The fourth-order valence-corrected chi connectivity index (χ4v) is 4.27. The fraction of sp³-hybridized carbons (Fsp3) is 0.385. The maximum absolute atomic E-state index is 12.5. The first-order valence-corrected chi connectivity index (χ1v) is 9.43. The number of anilines is 1. The number of rotatable bonds is 3. The SMILES string of the molecule is Cc1c[nH]cc1C(=O)N1CCc2nc(NS(C)(=O)=O)sc2C1. The van der Waals surface area contributed by atoms with Gasteiger partial charge in [-0.25, -0.2) is 13.4 Å². The molecule has 0 saturated carbocycles. The Kier molecular flexibility index (Phi) is 3.69. The second kappa shape index (κ2) is 5.40. The Morgan fingerprint density at radius 3 is 2.86 bits per heavy atom. The minimum Gasteiger partial charge on any atom is -0.367 e. The van der Waals surface area contributed by atoms with E-state index in [9.17, 15) is 13.2 Å². The van der Waals surface area contributed by atoms with E-state index in [4.69, 9.17) is 0 Å². The molecule has 118 valence electrons. The molecule has 0 aliphatic carbocycles. The molecule has 0 aromatic carbocycles. The summed E-state index contributed by atoms with van der Waals surface area (Å²) in [5.74, 6) is -0.0181. The number of thiazole rings is 1. The van der Waals surface area contributed by atoms with Crippen LogP contribution in [-0.4, -0.2) is 42.0 Å². The van der Waals surface area contributed by atoms with Crippen LogP contribution in [0, 0.1) is 6.92 Å². The zero-order valence-corrected chi connectivity index (χ0v) is 13.8. The van der Waals surface area contributed by atoms with Crippen molar-refractivity contribution in [3.63, 3.8) is 0 Å². The van der Waals surface area contributed by atoms with Gasteiger partial charge in [0.15, 0.2) is 5.13 Å². The van der Waals surface area contributed by atoms with Gasteiger partial charge in [-0.05, 0) is 12.5 Å². The van der Waals surface area contributed by atoms with E-state index in [-0.39, 0.29) is 5.91 Å². The van der Waals surface area contributed by atoms with Gasteiger partial charge in [-0.3, -0.25) is 9.52 Å². The summed E-state index contributed by atoms with van der Waals surface area (Å²) in [5.41, 5.74) is 2.45. The first-order valence-electron chi connectivity index (χ1n) is 6.72. The first-order chi connectivity index (χ1) is 10.3. The number of aromatic amines is 1. The number of hydrogen-bond acceptors (Lipinski definition) is 5. The summed E-state index contributed by atoms with van der Waals surface area (Å²) in [6.45, 7) is 2.93. The Hall–Kier alpha value is -1.87. The molecule has 1 amide bonds. The lowest BCUT2D eigenvalue weighted by atomic mass is 10.1. The number of aromatic nitrogens is 2. The van der Waals surface area contributed by atoms with E-state index in [2.05, 4.69) is 14.7 Å². The zero-order valence-electron chi connectivity index (χ0n) is 12.2. The smallest absolute Gasteiger partial charge is 0.255 e. The molecule has 0 saturated heterocycles. The van der Waals surface area contributed by atoms with Crippen molar-refractivity contribution >= 4 is 32.4 Å². The lowest BCUT2D eigenvalue weighted by Gasteiger charge is -2.26. The molecule has 2 N–H and O–H groups in total. The van der Waals surface area contributed by atoms with Crippen LogP contribution in [0.1, 0.15) is 26.5 Å². The molecular weight excluding hydrogens is 324 g/mol. The van der Waals surface area contributed by atoms with Crippen molar-refractivity contribution in [2.75, 3.05) is 17.5 Å². The van der Waals surface area contributed by atoms with E-state index < -0.39 is 10.0 Å². The monoisotopic (exact) mass is 340 g/mol. The van der Waals surface area contributed by atoms with Gasteiger partial charge < -0.3 is 9.88 Å². The van der Waals surface area contributed by atoms with E-state index in [1.54, 1.807) is 17.3 Å². The average molecular weight is 340 g/mol. The van der Waals surface area contributed by atoms with Crippen LogP contribution < -0.4 is 4.72 Å². The van der Waals surface area contributed by atoms with Crippen LogP contribution in [0.5, 0.6) is 0 Å². The maximum atomic E-state index is 12.5. The molecule has 0 unspecified atom stereocenters. The van der Waals surface area contributed by atoms with Crippen LogP contribution in [0.3, 0.4) is 0 Å². The average Bonchev–Trinajstić information content (AvgIpc) is 3.00. The minimum absolute atomic E-state index is 0.0181. The zero-order chi connectivity index (χ0) is 15.9. The summed E-state index contributed by atoms with van der Waals surface area (Å²) in [7, 11) is -3.33. The molecule has 1 aliphatic heterocycles. The van der Waals surface area contributed by atoms with Gasteiger partial charge in [0.05, 0.1) is 24.1 Å². The standard InChI is InChI=1S/C13H16N4O3S2/c1-8-5-14-6-9(8)12(18)17-4-3-10-11(7-17)21-13(15-10)16-22(2,19)20/h5-6,14H,3-4,7H2,1-2H3,(H,15,16). The number of aryl methyl sites for hydroxylation is 1. The number of amides is 1. The van der Waals surface area contributed by atoms with Gasteiger partial charge in [0, 0.05) is 30.2 Å². The number of fused-ring (bicyclic) bond motifs is 1. The van der Waals surface area contributed by atoms with E-state index in [1.807, 2.05) is 6.92 Å². The number of sulfonamides is 1. The Balaban J connectivity index is 1.79. The van der Waals surface area contributed by atoms with Crippen LogP contribution in [-0.2, 0) is 23.0 Å². The Morgan fingerprint density at radius 2 is 2.23 bits per heavy atom. The second-order valence-corrected chi connectivity index (χ2v) is 8.12. The molecule has 22 heavy (non-hydrogen) atoms. The predicted octanol–water partition coefficient (Wildman–Crippen LogP) is 1.35. The van der Waals surface area contributed by atoms with Gasteiger partial charge in [0.2, 0.25) is 10.0 Å². The van der Waals surface area contributed by atoms with Crippen molar-refractivity contribution in [1.82, 2.24) is 14.9 Å². The molecule has 0 radical (unpaired) electrons. The van der Waals surface area contributed by atoms with E-state index >= 15 is 0 Å². The summed E-state index contributed by atoms with van der Waals surface area (Å²) < 4.78 is 24.9. The Bertz CT molecular complexity index is 822. The van der Waals surface area contributed by atoms with Crippen LogP contribution in [0.15, 0.2) is 12.4 Å². The number of carbonyl (C=O) groups is 1. The summed E-state index contributed by atoms with van der Waals surface area (Å²) in [6, 6.07) is 0. The van der Waals surface area contributed by atoms with Gasteiger partial charge in [0.25, 0.3) is 5.91 Å². The summed E-state index contributed by atoms with van der Waals surface area (Å²) in [5, 5.41) is 0.361. The number of H-pyrrole nitrogens is 1. The topological polar surface area (TPSA) is 95.2 Å². The molecule has 0 spiro atoms. The lowest BCUT2D eigenvalue weighted by Crippen LogP contribution is -2.35. The Morgan fingerprint density at radius 1 is 1.45 bits per heavy atom. The molecule has 1 aliphatic rings. The molecule has 2 aromatic heterocycles. The number of nitrogens with zero attached hydrogens (tertiary/aromatic N) is 2. The molecule has 3 heterocycles. The summed E-state index contributed by atoms with van der Waals surface area (Å²) >= 11 is 1.28. The van der Waals surface area contributed by atoms with Crippen molar-refractivity contribution in [3.8, 4) is 0 Å². The second-order valence-electron chi connectivity index (χ2n) is 5.29. The van der Waals surface area contributed by atoms with Crippen molar-refractivity contribution < 1.29 is 13.2 Å². The fourth-order valence-electron chi connectivity index (χ4n) is 2.41. The predicted molar refractivity (Wildman–Crippen MR) is 84.6 cm³/mol.